The summed E-state index contributed by atoms with van der Waals surface area (Å²) in [5.74, 6) is 0. The standard InChI is InChI=1S/C12H22N4/c1-9(13-5)12(4)16(8)14-10(2)11(3)15(6)7/h6,8H2,1-5,7H3. The van der Waals surface area contributed by atoms with Crippen LogP contribution in [-0.4, -0.2) is 36.8 Å². The van der Waals surface area contributed by atoms with Gasteiger partial charge in [0.2, 0.25) is 0 Å². The maximum atomic E-state index is 4.37. The lowest BCUT2D eigenvalue weighted by Crippen LogP contribution is -2.07. The van der Waals surface area contributed by atoms with Crippen LogP contribution < -0.4 is 0 Å². The Hall–Kier alpha value is -1.58. The molecular formula is C12H22N4. The van der Waals surface area contributed by atoms with E-state index in [0.29, 0.717) is 0 Å². The molecule has 0 aliphatic rings. The number of rotatable bonds is 5. The highest BCUT2D eigenvalue weighted by Crippen LogP contribution is 2.17. The summed E-state index contributed by atoms with van der Waals surface area (Å²) in [4.78, 5) is 0. The highest BCUT2D eigenvalue weighted by atomic mass is 15.4. The molecule has 0 spiro atoms. The second kappa shape index (κ2) is 6.10. The fourth-order valence-corrected chi connectivity index (χ4v) is 0.953. The van der Waals surface area contributed by atoms with Gasteiger partial charge in [0.05, 0.1) is 0 Å². The van der Waals surface area contributed by atoms with Crippen molar-refractivity contribution >= 4 is 13.4 Å². The van der Waals surface area contributed by atoms with Gasteiger partial charge in [0.1, 0.15) is 20.5 Å². The zero-order valence-corrected chi connectivity index (χ0v) is 11.2. The summed E-state index contributed by atoms with van der Waals surface area (Å²) in [6, 6.07) is 0. The van der Waals surface area contributed by atoms with Crippen molar-refractivity contribution in [3.05, 3.63) is 33.5 Å². The van der Waals surface area contributed by atoms with Crippen molar-refractivity contribution < 1.29 is 9.26 Å². The summed E-state index contributed by atoms with van der Waals surface area (Å²) in [7, 11) is 3.64. The van der Waals surface area contributed by atoms with E-state index in [2.05, 4.69) is 24.2 Å². The molecule has 0 saturated carbocycles. The maximum Gasteiger partial charge on any atom is 0.162 e. The van der Waals surface area contributed by atoms with Crippen molar-refractivity contribution in [1.82, 2.24) is 0 Å². The number of allylic oxidation sites excluding steroid dienone is 4. The van der Waals surface area contributed by atoms with E-state index in [-0.39, 0.29) is 0 Å². The molecule has 4 nitrogen and oxygen atoms in total. The molecule has 0 rings (SSSR count). The highest BCUT2D eigenvalue weighted by molar-refractivity contribution is 5.26. The molecule has 0 aliphatic carbocycles. The molecule has 0 heterocycles. The quantitative estimate of drug-likeness (QED) is 0.389. The summed E-state index contributed by atoms with van der Waals surface area (Å²) >= 11 is 0. The van der Waals surface area contributed by atoms with Crippen LogP contribution in [0.2, 0.25) is 0 Å². The summed E-state index contributed by atoms with van der Waals surface area (Å²) < 4.78 is 3.37. The number of hydrogen-bond donors (Lipinski definition) is 0. The Morgan fingerprint density at radius 3 is 1.81 bits per heavy atom. The third-order valence-electron chi connectivity index (χ3n) is 2.61. The Morgan fingerprint density at radius 1 is 0.938 bits per heavy atom. The van der Waals surface area contributed by atoms with Crippen molar-refractivity contribution in [3.63, 3.8) is 0 Å². The van der Waals surface area contributed by atoms with Crippen LogP contribution in [0.3, 0.4) is 0 Å². The molecule has 0 atom stereocenters. The Morgan fingerprint density at radius 2 is 1.44 bits per heavy atom. The van der Waals surface area contributed by atoms with Crippen molar-refractivity contribution in [3.8, 4) is 0 Å². The van der Waals surface area contributed by atoms with E-state index in [0.717, 1.165) is 22.8 Å². The molecule has 0 fully saturated rings. The van der Waals surface area contributed by atoms with Crippen molar-refractivity contribution in [2.75, 3.05) is 14.1 Å². The van der Waals surface area contributed by atoms with Crippen LogP contribution in [0.5, 0.6) is 0 Å². The van der Waals surface area contributed by atoms with Gasteiger partial charge in [-0.05, 0) is 5.70 Å². The predicted molar refractivity (Wildman–Crippen MR) is 70.1 cm³/mol. The third-order valence-corrected chi connectivity index (χ3v) is 2.61. The largest absolute Gasteiger partial charge is 0.686 e. The fourth-order valence-electron chi connectivity index (χ4n) is 0.953. The van der Waals surface area contributed by atoms with Crippen LogP contribution in [0.1, 0.15) is 27.7 Å². The summed E-state index contributed by atoms with van der Waals surface area (Å²) in [6.45, 7) is 15.4. The van der Waals surface area contributed by atoms with Crippen LogP contribution >= 0.6 is 0 Å². The minimum Gasteiger partial charge on any atom is -0.686 e. The molecule has 0 bridgehead atoms. The Bertz CT molecular complexity index is 361. The second-order valence-corrected chi connectivity index (χ2v) is 3.76. The molecule has 0 radical (unpaired) electrons. The summed E-state index contributed by atoms with van der Waals surface area (Å²) in [5, 5.41) is 4.10. The van der Waals surface area contributed by atoms with E-state index >= 15 is 0 Å². The molecular weight excluding hydrogens is 200 g/mol. The Balaban J connectivity index is 4.85. The zero-order chi connectivity index (χ0) is 12.9. The second-order valence-electron chi connectivity index (χ2n) is 3.76. The first-order valence-electron chi connectivity index (χ1n) is 5.12. The minimum atomic E-state index is 0.885. The van der Waals surface area contributed by atoms with Gasteiger partial charge in [0.25, 0.3) is 0 Å². The van der Waals surface area contributed by atoms with Gasteiger partial charge in [-0.1, -0.05) is 19.5 Å². The molecule has 0 aromatic heterocycles. The first kappa shape index (κ1) is 14.4. The molecule has 0 unspecified atom stereocenters. The van der Waals surface area contributed by atoms with Gasteiger partial charge in [-0.25, -0.2) is 9.26 Å². The van der Waals surface area contributed by atoms with Crippen molar-refractivity contribution in [2.45, 2.75) is 27.7 Å². The molecule has 90 valence electrons. The Labute approximate surface area is 98.7 Å². The molecule has 0 N–H and O–H groups in total. The molecule has 0 aliphatic heterocycles. The van der Waals surface area contributed by atoms with Gasteiger partial charge in [0, 0.05) is 13.8 Å². The van der Waals surface area contributed by atoms with E-state index in [1.54, 1.807) is 16.3 Å². The van der Waals surface area contributed by atoms with E-state index in [9.17, 15) is 0 Å². The lowest BCUT2D eigenvalue weighted by molar-refractivity contribution is -0.440. The SMILES string of the molecule is C=[N+](C)C(C)=C(C)[N-][N+](=C)C(C)=C(C)[N-]C. The topological polar surface area (TPSA) is 34.2 Å². The first-order chi connectivity index (χ1) is 7.31. The van der Waals surface area contributed by atoms with Crippen LogP contribution in [-0.2, 0) is 0 Å². The maximum absolute atomic E-state index is 4.37. The molecule has 0 aromatic rings. The zero-order valence-electron chi connectivity index (χ0n) is 11.2. The fraction of sp³-hybridized carbons (Fsp3) is 0.500. The van der Waals surface area contributed by atoms with Crippen molar-refractivity contribution in [2.24, 2.45) is 0 Å². The lowest BCUT2D eigenvalue weighted by atomic mass is 10.3. The van der Waals surface area contributed by atoms with E-state index in [1.807, 2.05) is 34.7 Å². The molecule has 16 heavy (non-hydrogen) atoms. The van der Waals surface area contributed by atoms with Gasteiger partial charge < -0.3 is 10.7 Å². The predicted octanol–water partition coefficient (Wildman–Crippen LogP) is 2.84. The van der Waals surface area contributed by atoms with Gasteiger partial charge in [-0.15, -0.1) is 7.05 Å². The van der Waals surface area contributed by atoms with Gasteiger partial charge in [-0.2, -0.15) is 0 Å². The number of hydrogen-bond acceptors (Lipinski definition) is 0. The Kier molecular flexibility index (Phi) is 5.50. The molecule has 0 amide bonds. The average Bonchev–Trinajstić information content (AvgIpc) is 2.25. The summed E-state index contributed by atoms with van der Waals surface area (Å²) in [5.41, 5.74) is 8.12. The van der Waals surface area contributed by atoms with E-state index < -0.39 is 0 Å². The summed E-state index contributed by atoms with van der Waals surface area (Å²) in [6.07, 6.45) is 0. The minimum absolute atomic E-state index is 0.885. The van der Waals surface area contributed by atoms with Gasteiger partial charge in [-0.3, -0.25) is 0 Å². The smallest absolute Gasteiger partial charge is 0.162 e. The van der Waals surface area contributed by atoms with E-state index in [1.165, 1.54) is 0 Å². The number of nitrogens with zero attached hydrogens (tertiary/aromatic N) is 4. The van der Waals surface area contributed by atoms with Crippen LogP contribution in [0.4, 0.5) is 0 Å². The normalized spacial score (nSPS) is 13.6. The van der Waals surface area contributed by atoms with E-state index in [4.69, 9.17) is 0 Å². The van der Waals surface area contributed by atoms with Crippen molar-refractivity contribution in [1.29, 1.82) is 0 Å². The monoisotopic (exact) mass is 222 g/mol. The first-order valence-corrected chi connectivity index (χ1v) is 5.12. The molecule has 0 aromatic carbocycles. The van der Waals surface area contributed by atoms with Gasteiger partial charge in [0.15, 0.2) is 11.4 Å². The highest BCUT2D eigenvalue weighted by Gasteiger charge is 2.01. The lowest BCUT2D eigenvalue weighted by Gasteiger charge is -2.22. The average molecular weight is 222 g/mol. The van der Waals surface area contributed by atoms with Crippen LogP contribution in [0, 0.1) is 0 Å². The van der Waals surface area contributed by atoms with Crippen LogP contribution in [0.25, 0.3) is 10.7 Å². The molecule has 4 heteroatoms. The van der Waals surface area contributed by atoms with Crippen LogP contribution in [0.15, 0.2) is 22.8 Å². The molecule has 0 saturated heterocycles. The van der Waals surface area contributed by atoms with Gasteiger partial charge >= 0.3 is 0 Å². The third kappa shape index (κ3) is 3.88.